The van der Waals surface area contributed by atoms with E-state index in [4.69, 9.17) is 14.6 Å². The highest BCUT2D eigenvalue weighted by Crippen LogP contribution is 2.18. The quantitative estimate of drug-likeness (QED) is 0.815. The van der Waals surface area contributed by atoms with Crippen LogP contribution in [0.4, 0.5) is 0 Å². The van der Waals surface area contributed by atoms with E-state index in [0.29, 0.717) is 13.2 Å². The van der Waals surface area contributed by atoms with Gasteiger partial charge in [-0.2, -0.15) is 5.10 Å². The predicted molar refractivity (Wildman–Crippen MR) is 53.5 cm³/mol. The number of carbonyl (C=O) groups is 1. The first-order chi connectivity index (χ1) is 7.77. The molecule has 1 N–H and O–H groups in total. The lowest BCUT2D eigenvalue weighted by atomic mass is 10.1. The highest BCUT2D eigenvalue weighted by Gasteiger charge is 2.20. The molecule has 1 aromatic rings. The molecule has 2 rings (SSSR count). The van der Waals surface area contributed by atoms with Crippen molar-refractivity contribution in [3.8, 4) is 5.88 Å². The number of aromatic carboxylic acids is 1. The van der Waals surface area contributed by atoms with Crippen LogP contribution in [0.25, 0.3) is 0 Å². The summed E-state index contributed by atoms with van der Waals surface area (Å²) in [5.41, 5.74) is 0.0430. The fourth-order valence-electron chi connectivity index (χ4n) is 1.52. The molecule has 1 fully saturated rings. The fourth-order valence-corrected chi connectivity index (χ4v) is 1.52. The van der Waals surface area contributed by atoms with E-state index in [0.717, 1.165) is 12.8 Å². The topological polar surface area (TPSA) is 81.5 Å². The second-order valence-corrected chi connectivity index (χ2v) is 3.48. The minimum absolute atomic E-state index is 0.0384. The number of ether oxygens (including phenoxy) is 2. The minimum Gasteiger partial charge on any atom is -0.477 e. The summed E-state index contributed by atoms with van der Waals surface area (Å²) in [7, 11) is 0. The molecule has 0 amide bonds. The van der Waals surface area contributed by atoms with Gasteiger partial charge >= 0.3 is 5.97 Å². The van der Waals surface area contributed by atoms with Crippen molar-refractivity contribution in [1.29, 1.82) is 0 Å². The third-order valence-electron chi connectivity index (χ3n) is 2.36. The third-order valence-corrected chi connectivity index (χ3v) is 2.36. The second kappa shape index (κ2) is 4.89. The van der Waals surface area contributed by atoms with Gasteiger partial charge in [0.25, 0.3) is 0 Å². The van der Waals surface area contributed by atoms with Gasteiger partial charge in [-0.25, -0.2) is 4.79 Å². The Morgan fingerprint density at radius 1 is 1.50 bits per heavy atom. The molecule has 16 heavy (non-hydrogen) atoms. The van der Waals surface area contributed by atoms with E-state index in [-0.39, 0.29) is 17.5 Å². The van der Waals surface area contributed by atoms with Crippen molar-refractivity contribution in [3.63, 3.8) is 0 Å². The highest BCUT2D eigenvalue weighted by molar-refractivity contribution is 5.89. The zero-order valence-corrected chi connectivity index (χ0v) is 8.63. The molecule has 1 aromatic heterocycles. The van der Waals surface area contributed by atoms with Crippen molar-refractivity contribution in [2.45, 2.75) is 18.9 Å². The van der Waals surface area contributed by atoms with Crippen LogP contribution in [0.5, 0.6) is 5.88 Å². The van der Waals surface area contributed by atoms with Gasteiger partial charge in [-0.15, -0.1) is 5.10 Å². The number of carboxylic acids is 1. The van der Waals surface area contributed by atoms with Crippen LogP contribution >= 0.6 is 0 Å². The van der Waals surface area contributed by atoms with Crippen molar-refractivity contribution in [2.24, 2.45) is 0 Å². The van der Waals surface area contributed by atoms with Gasteiger partial charge in [0, 0.05) is 12.8 Å². The summed E-state index contributed by atoms with van der Waals surface area (Å²) in [4.78, 5) is 10.9. The summed E-state index contributed by atoms with van der Waals surface area (Å²) < 4.78 is 10.7. The van der Waals surface area contributed by atoms with E-state index in [9.17, 15) is 4.79 Å². The van der Waals surface area contributed by atoms with Crippen LogP contribution in [0.2, 0.25) is 0 Å². The number of hydrogen-bond acceptors (Lipinski definition) is 5. The smallest absolute Gasteiger partial charge is 0.341 e. The first kappa shape index (κ1) is 10.8. The highest BCUT2D eigenvalue weighted by atomic mass is 16.5. The Bertz CT molecular complexity index is 377. The molecule has 6 nitrogen and oxygen atoms in total. The van der Waals surface area contributed by atoms with Crippen molar-refractivity contribution in [3.05, 3.63) is 17.8 Å². The molecule has 6 heteroatoms. The van der Waals surface area contributed by atoms with Crippen molar-refractivity contribution in [2.75, 3.05) is 13.2 Å². The largest absolute Gasteiger partial charge is 0.477 e. The second-order valence-electron chi connectivity index (χ2n) is 3.48. The SMILES string of the molecule is O=C(O)c1ccnnc1OC1CCOCC1. The summed E-state index contributed by atoms with van der Waals surface area (Å²) in [6.07, 6.45) is 2.79. The van der Waals surface area contributed by atoms with Crippen LogP contribution in [-0.4, -0.2) is 40.6 Å². The van der Waals surface area contributed by atoms with Crippen molar-refractivity contribution in [1.82, 2.24) is 10.2 Å². The lowest BCUT2D eigenvalue weighted by Gasteiger charge is -2.22. The molecule has 0 radical (unpaired) electrons. The molecule has 1 aliphatic rings. The molecule has 1 aliphatic heterocycles. The average Bonchev–Trinajstić information content (AvgIpc) is 2.31. The number of nitrogens with zero attached hydrogens (tertiary/aromatic N) is 2. The number of aromatic nitrogens is 2. The lowest BCUT2D eigenvalue weighted by molar-refractivity contribution is 0.0225. The normalized spacial score (nSPS) is 17.0. The number of rotatable bonds is 3. The first-order valence-corrected chi connectivity index (χ1v) is 5.07. The van der Waals surface area contributed by atoms with Gasteiger partial charge < -0.3 is 14.6 Å². The van der Waals surface area contributed by atoms with Gasteiger partial charge in [0.1, 0.15) is 11.7 Å². The zero-order valence-electron chi connectivity index (χ0n) is 8.63. The molecule has 86 valence electrons. The Morgan fingerprint density at radius 3 is 2.94 bits per heavy atom. The van der Waals surface area contributed by atoms with Gasteiger partial charge in [0.15, 0.2) is 0 Å². The summed E-state index contributed by atoms with van der Waals surface area (Å²) in [5, 5.41) is 16.2. The maximum absolute atomic E-state index is 10.9. The summed E-state index contributed by atoms with van der Waals surface area (Å²) in [5.74, 6) is -0.973. The lowest BCUT2D eigenvalue weighted by Crippen LogP contribution is -2.27. The third kappa shape index (κ3) is 2.46. The Hall–Kier alpha value is -1.69. The molecule has 0 spiro atoms. The first-order valence-electron chi connectivity index (χ1n) is 5.07. The zero-order chi connectivity index (χ0) is 11.4. The summed E-state index contributed by atoms with van der Waals surface area (Å²) in [6.45, 7) is 1.26. The van der Waals surface area contributed by atoms with Crippen LogP contribution in [-0.2, 0) is 4.74 Å². The molecule has 0 saturated carbocycles. The molecule has 0 bridgehead atoms. The van der Waals surface area contributed by atoms with Crippen LogP contribution in [0.1, 0.15) is 23.2 Å². The standard InChI is InChI=1S/C10H12N2O4/c13-10(14)8-1-4-11-12-9(8)16-7-2-5-15-6-3-7/h1,4,7H,2-3,5-6H2,(H,13,14). The van der Waals surface area contributed by atoms with Crippen LogP contribution < -0.4 is 4.74 Å². The van der Waals surface area contributed by atoms with Crippen LogP contribution in [0, 0.1) is 0 Å². The van der Waals surface area contributed by atoms with Gasteiger partial charge in [-0.3, -0.25) is 0 Å². The minimum atomic E-state index is -1.06. The number of carboxylic acid groups (broad SMARTS) is 1. The molecule has 0 unspecified atom stereocenters. The molecule has 2 heterocycles. The average molecular weight is 224 g/mol. The van der Waals surface area contributed by atoms with Gasteiger partial charge in [0.05, 0.1) is 19.4 Å². The van der Waals surface area contributed by atoms with Crippen LogP contribution in [0.3, 0.4) is 0 Å². The van der Waals surface area contributed by atoms with E-state index in [1.165, 1.54) is 12.3 Å². The molecule has 0 atom stereocenters. The van der Waals surface area contributed by atoms with Gasteiger partial charge in [0.2, 0.25) is 5.88 Å². The molecule has 0 aliphatic carbocycles. The van der Waals surface area contributed by atoms with E-state index in [2.05, 4.69) is 10.2 Å². The molecule has 1 saturated heterocycles. The fraction of sp³-hybridized carbons (Fsp3) is 0.500. The maximum atomic E-state index is 10.9. The van der Waals surface area contributed by atoms with Gasteiger partial charge in [-0.05, 0) is 6.07 Å². The Labute approximate surface area is 92.2 Å². The monoisotopic (exact) mass is 224 g/mol. The predicted octanol–water partition coefficient (Wildman–Crippen LogP) is 0.733. The maximum Gasteiger partial charge on any atom is 0.341 e. The molecular formula is C10H12N2O4. The van der Waals surface area contributed by atoms with Crippen molar-refractivity contribution >= 4 is 5.97 Å². The summed E-state index contributed by atoms with van der Waals surface area (Å²) >= 11 is 0. The van der Waals surface area contributed by atoms with Crippen molar-refractivity contribution < 1.29 is 19.4 Å². The number of hydrogen-bond donors (Lipinski definition) is 1. The van der Waals surface area contributed by atoms with E-state index in [1.54, 1.807) is 0 Å². The Morgan fingerprint density at radius 2 is 2.25 bits per heavy atom. The van der Waals surface area contributed by atoms with E-state index in [1.807, 2.05) is 0 Å². The molecular weight excluding hydrogens is 212 g/mol. The van der Waals surface area contributed by atoms with E-state index < -0.39 is 5.97 Å². The molecule has 0 aromatic carbocycles. The van der Waals surface area contributed by atoms with E-state index >= 15 is 0 Å². The van der Waals surface area contributed by atoms with Gasteiger partial charge in [-0.1, -0.05) is 0 Å². The van der Waals surface area contributed by atoms with Crippen LogP contribution in [0.15, 0.2) is 12.3 Å². The Kier molecular flexibility index (Phi) is 3.31. The Balaban J connectivity index is 2.10. The summed E-state index contributed by atoms with van der Waals surface area (Å²) in [6, 6.07) is 1.38.